The molecule has 0 saturated heterocycles. The van der Waals surface area contributed by atoms with Gasteiger partial charge in [0.1, 0.15) is 0 Å². The molecule has 0 fully saturated rings. The lowest BCUT2D eigenvalue weighted by atomic mass is 9.99. The Bertz CT molecular complexity index is 753. The lowest BCUT2D eigenvalue weighted by Crippen LogP contribution is -1.91. The Labute approximate surface area is 131 Å². The Balaban J connectivity index is 1.77. The minimum Gasteiger partial charge on any atom is -0.295 e. The smallest absolute Gasteiger partial charge is 0.159 e. The summed E-state index contributed by atoms with van der Waals surface area (Å²) in [7, 11) is 0. The molecule has 1 nitrogen and oxygen atoms in total. The lowest BCUT2D eigenvalue weighted by Gasteiger charge is -2.06. The van der Waals surface area contributed by atoms with Gasteiger partial charge < -0.3 is 0 Å². The molecule has 0 heterocycles. The van der Waals surface area contributed by atoms with Crippen molar-refractivity contribution in [3.63, 3.8) is 0 Å². The fourth-order valence-electron chi connectivity index (χ4n) is 2.54. The molecular formula is C21H18O. The molecule has 0 N–H and O–H groups in total. The molecule has 0 aliphatic heterocycles. The third-order valence-corrected chi connectivity index (χ3v) is 3.83. The van der Waals surface area contributed by atoms with Gasteiger partial charge in [0.2, 0.25) is 0 Å². The van der Waals surface area contributed by atoms with E-state index in [9.17, 15) is 4.79 Å². The van der Waals surface area contributed by atoms with Crippen molar-refractivity contribution >= 4 is 5.78 Å². The van der Waals surface area contributed by atoms with Crippen molar-refractivity contribution < 1.29 is 4.79 Å². The number of benzene rings is 3. The molecule has 3 aromatic rings. The molecule has 0 amide bonds. The average molecular weight is 286 g/mol. The number of hydrogen-bond donors (Lipinski definition) is 0. The molecule has 0 aromatic heterocycles. The summed E-state index contributed by atoms with van der Waals surface area (Å²) in [5, 5.41) is 0. The van der Waals surface area contributed by atoms with Crippen LogP contribution in [-0.2, 0) is 6.42 Å². The summed E-state index contributed by atoms with van der Waals surface area (Å²) >= 11 is 0. The highest BCUT2D eigenvalue weighted by Gasteiger charge is 2.02. The van der Waals surface area contributed by atoms with Gasteiger partial charge in [-0.1, -0.05) is 78.9 Å². The van der Waals surface area contributed by atoms with E-state index in [2.05, 4.69) is 48.5 Å². The molecule has 0 spiro atoms. The van der Waals surface area contributed by atoms with Gasteiger partial charge in [-0.3, -0.25) is 4.79 Å². The Kier molecular flexibility index (Phi) is 4.15. The highest BCUT2D eigenvalue weighted by molar-refractivity contribution is 5.94. The van der Waals surface area contributed by atoms with E-state index in [4.69, 9.17) is 0 Å². The van der Waals surface area contributed by atoms with Crippen molar-refractivity contribution in [1.29, 1.82) is 0 Å². The topological polar surface area (TPSA) is 17.1 Å². The van der Waals surface area contributed by atoms with Crippen LogP contribution in [0.1, 0.15) is 28.4 Å². The first-order chi connectivity index (χ1) is 10.7. The predicted molar refractivity (Wildman–Crippen MR) is 91.1 cm³/mol. The van der Waals surface area contributed by atoms with Crippen LogP contribution in [0.4, 0.5) is 0 Å². The highest BCUT2D eigenvalue weighted by Crippen LogP contribution is 2.21. The first-order valence-corrected chi connectivity index (χ1v) is 7.46. The van der Waals surface area contributed by atoms with E-state index < -0.39 is 0 Å². The summed E-state index contributed by atoms with van der Waals surface area (Å²) in [6.45, 7) is 1.59. The second-order valence-corrected chi connectivity index (χ2v) is 5.49. The van der Waals surface area contributed by atoms with Crippen molar-refractivity contribution in [1.82, 2.24) is 0 Å². The van der Waals surface area contributed by atoms with E-state index in [-0.39, 0.29) is 5.78 Å². The summed E-state index contributed by atoms with van der Waals surface area (Å²) < 4.78 is 0. The van der Waals surface area contributed by atoms with Crippen molar-refractivity contribution in [2.24, 2.45) is 0 Å². The minimum absolute atomic E-state index is 0.102. The number of carbonyl (C=O) groups excluding carboxylic acids is 1. The monoisotopic (exact) mass is 286 g/mol. The van der Waals surface area contributed by atoms with Crippen LogP contribution in [0.5, 0.6) is 0 Å². The Morgan fingerprint density at radius 3 is 1.73 bits per heavy atom. The Morgan fingerprint density at radius 1 is 0.682 bits per heavy atom. The van der Waals surface area contributed by atoms with Gasteiger partial charge >= 0.3 is 0 Å². The molecule has 1 heteroatoms. The van der Waals surface area contributed by atoms with Crippen molar-refractivity contribution in [2.45, 2.75) is 13.3 Å². The highest BCUT2D eigenvalue weighted by atomic mass is 16.1. The second kappa shape index (κ2) is 6.40. The standard InChI is InChI=1S/C21H18O/c1-16(22)19-11-13-21(14-12-19)20-9-7-18(8-10-20)15-17-5-3-2-4-6-17/h2-14H,15H2,1H3. The number of carbonyl (C=O) groups is 1. The van der Waals surface area contributed by atoms with E-state index in [0.717, 1.165) is 17.5 Å². The summed E-state index contributed by atoms with van der Waals surface area (Å²) in [5.41, 5.74) is 5.68. The van der Waals surface area contributed by atoms with E-state index in [1.807, 2.05) is 30.3 Å². The number of hydrogen-bond acceptors (Lipinski definition) is 1. The third-order valence-electron chi connectivity index (χ3n) is 3.83. The maximum absolute atomic E-state index is 11.3. The molecule has 3 aromatic carbocycles. The second-order valence-electron chi connectivity index (χ2n) is 5.49. The van der Waals surface area contributed by atoms with Gasteiger partial charge in [0.25, 0.3) is 0 Å². The molecule has 0 bridgehead atoms. The quantitative estimate of drug-likeness (QED) is 0.606. The molecule has 0 atom stereocenters. The Morgan fingerprint density at radius 2 is 1.18 bits per heavy atom. The van der Waals surface area contributed by atoms with Crippen molar-refractivity contribution in [3.8, 4) is 11.1 Å². The SMILES string of the molecule is CC(=O)c1ccc(-c2ccc(Cc3ccccc3)cc2)cc1. The Hall–Kier alpha value is -2.67. The van der Waals surface area contributed by atoms with Gasteiger partial charge in [0, 0.05) is 5.56 Å². The number of Topliss-reactive ketones (excluding diaryl/α,β-unsaturated/α-hetero) is 1. The predicted octanol–water partition coefficient (Wildman–Crippen LogP) is 5.15. The summed E-state index contributed by atoms with van der Waals surface area (Å²) in [6, 6.07) is 26.9. The fourth-order valence-corrected chi connectivity index (χ4v) is 2.54. The van der Waals surface area contributed by atoms with Crippen molar-refractivity contribution in [3.05, 3.63) is 95.6 Å². The minimum atomic E-state index is 0.102. The van der Waals surface area contributed by atoms with Gasteiger partial charge in [-0.05, 0) is 35.6 Å². The fraction of sp³-hybridized carbons (Fsp3) is 0.0952. The van der Waals surface area contributed by atoms with Gasteiger partial charge in [-0.2, -0.15) is 0 Å². The summed E-state index contributed by atoms with van der Waals surface area (Å²) in [4.78, 5) is 11.3. The van der Waals surface area contributed by atoms with Crippen LogP contribution >= 0.6 is 0 Å². The van der Waals surface area contributed by atoms with Crippen LogP contribution in [0.15, 0.2) is 78.9 Å². The molecule has 0 aliphatic carbocycles. The van der Waals surface area contributed by atoms with Crippen LogP contribution in [0.25, 0.3) is 11.1 Å². The molecule has 0 radical (unpaired) electrons. The zero-order valence-corrected chi connectivity index (χ0v) is 12.6. The zero-order valence-electron chi connectivity index (χ0n) is 12.6. The van der Waals surface area contributed by atoms with Gasteiger partial charge in [0.15, 0.2) is 5.78 Å². The molecule has 22 heavy (non-hydrogen) atoms. The van der Waals surface area contributed by atoms with Crippen LogP contribution in [-0.4, -0.2) is 5.78 Å². The molecule has 108 valence electrons. The zero-order chi connectivity index (χ0) is 15.4. The van der Waals surface area contributed by atoms with Crippen LogP contribution in [0, 0.1) is 0 Å². The molecule has 0 unspecified atom stereocenters. The van der Waals surface area contributed by atoms with E-state index in [0.29, 0.717) is 0 Å². The summed E-state index contributed by atoms with van der Waals surface area (Å²) in [5.74, 6) is 0.102. The van der Waals surface area contributed by atoms with E-state index in [1.165, 1.54) is 16.7 Å². The molecular weight excluding hydrogens is 268 g/mol. The van der Waals surface area contributed by atoms with Crippen molar-refractivity contribution in [2.75, 3.05) is 0 Å². The normalized spacial score (nSPS) is 10.4. The first kappa shape index (κ1) is 14.3. The lowest BCUT2D eigenvalue weighted by molar-refractivity contribution is 0.101. The van der Waals surface area contributed by atoms with E-state index >= 15 is 0 Å². The summed E-state index contributed by atoms with van der Waals surface area (Å²) in [6.07, 6.45) is 0.949. The van der Waals surface area contributed by atoms with Crippen LogP contribution in [0.2, 0.25) is 0 Å². The number of rotatable bonds is 4. The van der Waals surface area contributed by atoms with Crippen LogP contribution < -0.4 is 0 Å². The van der Waals surface area contributed by atoms with E-state index in [1.54, 1.807) is 6.92 Å². The number of ketones is 1. The maximum Gasteiger partial charge on any atom is 0.159 e. The largest absolute Gasteiger partial charge is 0.295 e. The molecule has 0 aliphatic rings. The average Bonchev–Trinajstić information content (AvgIpc) is 2.57. The third kappa shape index (κ3) is 3.32. The maximum atomic E-state index is 11.3. The molecule has 0 saturated carbocycles. The first-order valence-electron chi connectivity index (χ1n) is 7.46. The molecule has 3 rings (SSSR count). The van der Waals surface area contributed by atoms with Gasteiger partial charge in [-0.25, -0.2) is 0 Å². The van der Waals surface area contributed by atoms with Gasteiger partial charge in [-0.15, -0.1) is 0 Å². The van der Waals surface area contributed by atoms with Crippen LogP contribution in [0.3, 0.4) is 0 Å². The van der Waals surface area contributed by atoms with Gasteiger partial charge in [0.05, 0.1) is 0 Å².